The van der Waals surface area contributed by atoms with Gasteiger partial charge in [0.25, 0.3) is 5.91 Å². The molecule has 0 unspecified atom stereocenters. The molecule has 1 fully saturated rings. The monoisotopic (exact) mass is 485 g/mol. The predicted octanol–water partition coefficient (Wildman–Crippen LogP) is 4.96. The zero-order valence-electron chi connectivity index (χ0n) is 19.4. The molecule has 0 atom stereocenters. The average molecular weight is 486 g/mol. The van der Waals surface area contributed by atoms with Gasteiger partial charge >= 0.3 is 5.97 Å². The van der Waals surface area contributed by atoms with Crippen molar-refractivity contribution in [1.29, 1.82) is 0 Å². The number of rotatable bonds is 8. The Morgan fingerprint density at radius 2 is 1.79 bits per heavy atom. The second kappa shape index (κ2) is 10.9. The Balaban J connectivity index is 1.74. The first-order valence-corrected chi connectivity index (χ1v) is 11.7. The third-order valence-electron chi connectivity index (χ3n) is 5.46. The van der Waals surface area contributed by atoms with E-state index in [1.54, 1.807) is 13.2 Å². The van der Waals surface area contributed by atoms with E-state index in [1.165, 1.54) is 40.5 Å². The Kier molecular flexibility index (Phi) is 8.15. The van der Waals surface area contributed by atoms with Crippen molar-refractivity contribution in [2.24, 2.45) is 0 Å². The van der Waals surface area contributed by atoms with Crippen LogP contribution in [0.4, 0.5) is 0 Å². The normalized spacial score (nSPS) is 14.7. The second-order valence-corrected chi connectivity index (χ2v) is 9.40. The van der Waals surface area contributed by atoms with Gasteiger partial charge in [-0.3, -0.25) is 14.5 Å². The van der Waals surface area contributed by atoms with Gasteiger partial charge < -0.3 is 14.2 Å². The van der Waals surface area contributed by atoms with Crippen molar-refractivity contribution >= 4 is 46.3 Å². The van der Waals surface area contributed by atoms with Crippen LogP contribution >= 0.6 is 24.0 Å². The number of thioether (sulfide) groups is 1. The van der Waals surface area contributed by atoms with Crippen molar-refractivity contribution in [2.45, 2.75) is 33.8 Å². The Hall–Kier alpha value is -2.84. The van der Waals surface area contributed by atoms with Crippen molar-refractivity contribution in [3.8, 4) is 11.5 Å². The molecule has 6 nitrogen and oxygen atoms in total. The number of esters is 1. The molecule has 8 heteroatoms. The fourth-order valence-electron chi connectivity index (χ4n) is 3.37. The van der Waals surface area contributed by atoms with Gasteiger partial charge in [-0.1, -0.05) is 42.2 Å². The van der Waals surface area contributed by atoms with Crippen LogP contribution in [0.2, 0.25) is 0 Å². The van der Waals surface area contributed by atoms with Gasteiger partial charge in [0.05, 0.1) is 25.5 Å². The van der Waals surface area contributed by atoms with Gasteiger partial charge in [0.15, 0.2) is 11.5 Å². The summed E-state index contributed by atoms with van der Waals surface area (Å²) in [6, 6.07) is 9.83. The van der Waals surface area contributed by atoms with E-state index >= 15 is 0 Å². The molecule has 0 saturated carbocycles. The van der Waals surface area contributed by atoms with Gasteiger partial charge in [-0.05, 0) is 66.8 Å². The smallest absolute Gasteiger partial charge is 0.307 e. The van der Waals surface area contributed by atoms with Crippen LogP contribution in [-0.4, -0.2) is 41.9 Å². The maximum atomic E-state index is 12.7. The number of carbonyl (C=O) groups excluding carboxylic acids is 2. The van der Waals surface area contributed by atoms with Gasteiger partial charge in [-0.15, -0.1) is 0 Å². The molecule has 2 aromatic carbocycles. The quantitative estimate of drug-likeness (QED) is 0.297. The lowest BCUT2D eigenvalue weighted by molar-refractivity contribution is -0.140. The van der Waals surface area contributed by atoms with Crippen LogP contribution in [0.15, 0.2) is 35.2 Å². The number of benzene rings is 2. The average Bonchev–Trinajstić information content (AvgIpc) is 3.06. The molecular formula is C25H27NO5S2. The Morgan fingerprint density at radius 1 is 1.06 bits per heavy atom. The topological polar surface area (TPSA) is 65.1 Å². The van der Waals surface area contributed by atoms with Crippen LogP contribution in [-0.2, 0) is 20.9 Å². The summed E-state index contributed by atoms with van der Waals surface area (Å²) in [6.45, 7) is 6.89. The van der Waals surface area contributed by atoms with E-state index < -0.39 is 0 Å². The first-order valence-electron chi connectivity index (χ1n) is 10.4. The minimum atomic E-state index is -0.385. The summed E-state index contributed by atoms with van der Waals surface area (Å²) in [5, 5.41) is 0. The van der Waals surface area contributed by atoms with Crippen molar-refractivity contribution in [1.82, 2.24) is 4.90 Å². The first kappa shape index (κ1) is 24.8. The largest absolute Gasteiger partial charge is 0.493 e. The van der Waals surface area contributed by atoms with E-state index in [1.807, 2.05) is 18.2 Å². The minimum absolute atomic E-state index is 0.0933. The molecular weight excluding hydrogens is 458 g/mol. The summed E-state index contributed by atoms with van der Waals surface area (Å²) < 4.78 is 16.6. The summed E-state index contributed by atoms with van der Waals surface area (Å²) >= 11 is 6.52. The van der Waals surface area contributed by atoms with Crippen molar-refractivity contribution in [2.75, 3.05) is 20.8 Å². The van der Waals surface area contributed by atoms with Crippen LogP contribution in [0.3, 0.4) is 0 Å². The summed E-state index contributed by atoms with van der Waals surface area (Å²) in [6.07, 6.45) is 1.85. The molecule has 1 aliphatic heterocycles. The number of aryl methyl sites for hydroxylation is 3. The van der Waals surface area contributed by atoms with Gasteiger partial charge in [0.1, 0.15) is 10.9 Å². The highest BCUT2D eigenvalue weighted by Crippen LogP contribution is 2.35. The predicted molar refractivity (Wildman–Crippen MR) is 134 cm³/mol. The minimum Gasteiger partial charge on any atom is -0.493 e. The number of carbonyl (C=O) groups is 2. The van der Waals surface area contributed by atoms with E-state index in [0.717, 1.165) is 11.1 Å². The third kappa shape index (κ3) is 5.94. The number of ether oxygens (including phenoxy) is 3. The van der Waals surface area contributed by atoms with Gasteiger partial charge in [-0.25, -0.2) is 0 Å². The molecule has 0 aliphatic carbocycles. The molecule has 0 spiro atoms. The number of amides is 1. The molecule has 0 bridgehead atoms. The standard InChI is InChI=1S/C25H27NO5S2/c1-15-10-17(3)19(11-16(15)2)14-31-20-7-6-18(12-21(20)29-4)13-22-24(28)26(25(32)33-22)9-8-23(27)30-5/h6-7,10-13H,8-9,14H2,1-5H3/b22-13+. The molecule has 1 amide bonds. The number of thiocarbonyl (C=S) groups is 1. The Morgan fingerprint density at radius 3 is 2.48 bits per heavy atom. The summed E-state index contributed by atoms with van der Waals surface area (Å²) in [4.78, 5) is 26.0. The van der Waals surface area contributed by atoms with Crippen molar-refractivity contribution < 1.29 is 23.8 Å². The SMILES string of the molecule is COC(=O)CCN1C(=O)/C(=C\c2ccc(OCc3cc(C)c(C)cc3C)c(OC)c2)SC1=S. The van der Waals surface area contributed by atoms with Crippen LogP contribution in [0, 0.1) is 20.8 Å². The molecule has 3 rings (SSSR count). The highest BCUT2D eigenvalue weighted by molar-refractivity contribution is 8.26. The number of hydrogen-bond donors (Lipinski definition) is 0. The molecule has 1 heterocycles. The van der Waals surface area contributed by atoms with Gasteiger partial charge in [0.2, 0.25) is 0 Å². The van der Waals surface area contributed by atoms with E-state index in [-0.39, 0.29) is 24.8 Å². The Bertz CT molecular complexity index is 1130. The fraction of sp³-hybridized carbons (Fsp3) is 0.320. The first-order chi connectivity index (χ1) is 15.7. The Labute approximate surface area is 203 Å². The summed E-state index contributed by atoms with van der Waals surface area (Å²) in [5.74, 6) is 0.590. The third-order valence-corrected chi connectivity index (χ3v) is 6.84. The lowest BCUT2D eigenvalue weighted by Crippen LogP contribution is -2.30. The van der Waals surface area contributed by atoms with Crippen LogP contribution in [0.25, 0.3) is 6.08 Å². The van der Waals surface area contributed by atoms with E-state index in [0.29, 0.717) is 27.3 Å². The second-order valence-electron chi connectivity index (χ2n) is 7.72. The fourth-order valence-corrected chi connectivity index (χ4v) is 4.68. The van der Waals surface area contributed by atoms with E-state index in [4.69, 9.17) is 21.7 Å². The molecule has 0 aromatic heterocycles. The number of methoxy groups -OCH3 is 2. The van der Waals surface area contributed by atoms with Crippen molar-refractivity contribution in [3.63, 3.8) is 0 Å². The number of nitrogens with zero attached hydrogens (tertiary/aromatic N) is 1. The molecule has 2 aromatic rings. The van der Waals surface area contributed by atoms with Gasteiger partial charge in [0, 0.05) is 6.54 Å². The maximum Gasteiger partial charge on any atom is 0.307 e. The van der Waals surface area contributed by atoms with Gasteiger partial charge in [-0.2, -0.15) is 0 Å². The van der Waals surface area contributed by atoms with Crippen LogP contribution in [0.5, 0.6) is 11.5 Å². The molecule has 174 valence electrons. The molecule has 1 saturated heterocycles. The molecule has 0 radical (unpaired) electrons. The number of hydrogen-bond acceptors (Lipinski definition) is 7. The van der Waals surface area contributed by atoms with E-state index in [9.17, 15) is 9.59 Å². The molecule has 1 aliphatic rings. The zero-order chi connectivity index (χ0) is 24.1. The zero-order valence-corrected chi connectivity index (χ0v) is 21.0. The highest BCUT2D eigenvalue weighted by atomic mass is 32.2. The summed E-state index contributed by atoms with van der Waals surface area (Å²) in [5.41, 5.74) is 5.58. The van der Waals surface area contributed by atoms with Crippen molar-refractivity contribution in [3.05, 3.63) is 63.1 Å². The maximum absolute atomic E-state index is 12.7. The lowest BCUT2D eigenvalue weighted by Gasteiger charge is -2.14. The summed E-state index contributed by atoms with van der Waals surface area (Å²) in [7, 11) is 2.90. The molecule has 33 heavy (non-hydrogen) atoms. The van der Waals surface area contributed by atoms with E-state index in [2.05, 4.69) is 37.6 Å². The molecule has 0 N–H and O–H groups in total. The van der Waals surface area contributed by atoms with Crippen LogP contribution < -0.4 is 9.47 Å². The van der Waals surface area contributed by atoms with Crippen LogP contribution in [0.1, 0.15) is 34.2 Å². The highest BCUT2D eigenvalue weighted by Gasteiger charge is 2.32. The lowest BCUT2D eigenvalue weighted by atomic mass is 10.0.